The molecule has 0 saturated heterocycles. The van der Waals surface area contributed by atoms with Gasteiger partial charge >= 0.3 is 0 Å². The number of nitrogens with zero attached hydrogens (tertiary/aromatic N) is 4. The van der Waals surface area contributed by atoms with E-state index in [0.717, 1.165) is 12.5 Å². The van der Waals surface area contributed by atoms with Crippen LogP contribution in [0, 0.1) is 5.82 Å². The first-order chi connectivity index (χ1) is 15.7. The van der Waals surface area contributed by atoms with Crippen LogP contribution in [-0.2, 0) is 5.54 Å². The predicted molar refractivity (Wildman–Crippen MR) is 126 cm³/mol. The summed E-state index contributed by atoms with van der Waals surface area (Å²) in [5, 5.41) is 3.46. The summed E-state index contributed by atoms with van der Waals surface area (Å²) in [7, 11) is -3.35. The number of nitrogens with one attached hydrogen (secondary N) is 1. The Balaban J connectivity index is 1.57. The van der Waals surface area contributed by atoms with Crippen LogP contribution in [0.25, 0.3) is 11.0 Å². The number of amidine groups is 1. The highest BCUT2D eigenvalue weighted by Gasteiger charge is 2.59. The number of halogens is 3. The molecule has 12 heteroatoms. The molecule has 1 atom stereocenters. The molecule has 5 N–H and O–H groups in total. The van der Waals surface area contributed by atoms with Crippen molar-refractivity contribution < 1.29 is 17.9 Å². The van der Waals surface area contributed by atoms with Crippen molar-refractivity contribution in [1.29, 1.82) is 0 Å². The summed E-state index contributed by atoms with van der Waals surface area (Å²) in [4.78, 5) is 16.9. The molecule has 5 rings (SSSR count). The predicted octanol–water partition coefficient (Wildman–Crippen LogP) is 4.77. The Kier molecular flexibility index (Phi) is 5.20. The van der Waals surface area contributed by atoms with Gasteiger partial charge in [-0.2, -0.15) is 10.6 Å². The largest absolute Gasteiger partial charge is 0.386 e. The van der Waals surface area contributed by atoms with Crippen LogP contribution in [0.1, 0.15) is 24.8 Å². The molecule has 0 bridgehead atoms. The van der Waals surface area contributed by atoms with Crippen molar-refractivity contribution in [3.63, 3.8) is 0 Å². The molecule has 33 heavy (non-hydrogen) atoms. The van der Waals surface area contributed by atoms with Gasteiger partial charge in [-0.15, -0.1) is 0 Å². The minimum atomic E-state index is -3.35. The van der Waals surface area contributed by atoms with Crippen LogP contribution >= 0.6 is 22.2 Å². The first-order valence-corrected chi connectivity index (χ1v) is 12.3. The van der Waals surface area contributed by atoms with Gasteiger partial charge in [-0.05, 0) is 43.5 Å². The molecule has 3 aromatic rings. The van der Waals surface area contributed by atoms with Gasteiger partial charge in [-0.25, -0.2) is 23.7 Å². The lowest BCUT2D eigenvalue weighted by atomic mass is 9.82. The lowest BCUT2D eigenvalue weighted by Crippen LogP contribution is -2.60. The molecule has 2 aromatic heterocycles. The van der Waals surface area contributed by atoms with Crippen molar-refractivity contribution in [2.24, 2.45) is 10.7 Å². The van der Waals surface area contributed by atoms with Gasteiger partial charge in [0.25, 0.3) is 0 Å². The molecule has 1 aliphatic heterocycles. The third kappa shape index (κ3) is 3.41. The number of pyridine rings is 1. The van der Waals surface area contributed by atoms with E-state index in [2.05, 4.69) is 25.3 Å². The first-order valence-electron chi connectivity index (χ1n) is 10.2. The van der Waals surface area contributed by atoms with Crippen molar-refractivity contribution in [1.82, 2.24) is 15.0 Å². The number of anilines is 2. The molecule has 8 nitrogen and oxygen atoms in total. The summed E-state index contributed by atoms with van der Waals surface area (Å²) in [5.41, 5.74) is 5.49. The van der Waals surface area contributed by atoms with Crippen molar-refractivity contribution >= 4 is 50.6 Å². The van der Waals surface area contributed by atoms with Gasteiger partial charge < -0.3 is 11.1 Å². The summed E-state index contributed by atoms with van der Waals surface area (Å²) in [5.74, 6) is -0.855. The van der Waals surface area contributed by atoms with Gasteiger partial charge in [-0.1, -0.05) is 11.6 Å². The van der Waals surface area contributed by atoms with E-state index in [0.29, 0.717) is 40.4 Å². The highest BCUT2D eigenvalue weighted by Crippen LogP contribution is 2.66. The number of hydrogen-bond donors (Lipinski definition) is 4. The van der Waals surface area contributed by atoms with Crippen LogP contribution < -0.4 is 11.1 Å². The molecule has 1 aliphatic carbocycles. The van der Waals surface area contributed by atoms with E-state index >= 15 is 0 Å². The summed E-state index contributed by atoms with van der Waals surface area (Å²) >= 11 is 5.97. The number of alkyl halides is 1. The van der Waals surface area contributed by atoms with Crippen molar-refractivity contribution in [2.45, 2.75) is 29.5 Å². The summed E-state index contributed by atoms with van der Waals surface area (Å²) < 4.78 is 50.3. The third-order valence-electron chi connectivity index (χ3n) is 6.42. The second-order valence-electron chi connectivity index (χ2n) is 8.38. The molecule has 1 aromatic carbocycles. The molecular formula is C21H21ClF2N6O2S. The number of benzene rings is 1. The molecule has 3 heterocycles. The van der Waals surface area contributed by atoms with E-state index in [-0.39, 0.29) is 11.4 Å². The van der Waals surface area contributed by atoms with Crippen LogP contribution in [0.4, 0.5) is 20.3 Å². The zero-order valence-corrected chi connectivity index (χ0v) is 18.9. The number of fused-ring (bicyclic) bond motifs is 1. The molecule has 2 aliphatic rings. The van der Waals surface area contributed by atoms with Gasteiger partial charge in [0.15, 0.2) is 5.82 Å². The van der Waals surface area contributed by atoms with Gasteiger partial charge in [0.1, 0.15) is 40.5 Å². The number of hydrogen-bond acceptors (Lipinski definition) is 8. The standard InChI is InChI=1S/C21H21ClF2N6O2S/c22-12-6-16-17(26-8-12)18(28-11-27-16)29-13-2-3-15(24)14(7-13)20(9-23)10-33(31,32)21(4-1-5-21)19(25)30-20/h2-3,6-8,11,31-32H,1,4-5,9-10H2,(H2,25,30)(H,27,28,29)/t20-/m1/s1. The maximum absolute atomic E-state index is 15.0. The number of aromatic nitrogens is 3. The van der Waals surface area contributed by atoms with Crippen LogP contribution in [0.3, 0.4) is 0 Å². The topological polar surface area (TPSA) is 130 Å². The summed E-state index contributed by atoms with van der Waals surface area (Å²) in [6, 6.07) is 5.62. The van der Waals surface area contributed by atoms with E-state index in [1.807, 2.05) is 0 Å². The fraction of sp³-hybridized carbons (Fsp3) is 0.333. The highest BCUT2D eigenvalue weighted by atomic mass is 35.5. The third-order valence-corrected chi connectivity index (χ3v) is 9.38. The average molecular weight is 495 g/mol. The lowest BCUT2D eigenvalue weighted by Gasteiger charge is -2.60. The Morgan fingerprint density at radius 2 is 1.97 bits per heavy atom. The van der Waals surface area contributed by atoms with E-state index < -0.39 is 39.1 Å². The summed E-state index contributed by atoms with van der Waals surface area (Å²) in [6.45, 7) is -1.14. The zero-order chi connectivity index (χ0) is 23.4. The first kappa shape index (κ1) is 22.2. The van der Waals surface area contributed by atoms with Crippen LogP contribution in [0.5, 0.6) is 0 Å². The monoisotopic (exact) mass is 494 g/mol. The van der Waals surface area contributed by atoms with Crippen LogP contribution in [0.15, 0.2) is 41.8 Å². The molecule has 1 spiro atoms. The molecular weight excluding hydrogens is 474 g/mol. The highest BCUT2D eigenvalue weighted by molar-refractivity contribution is 8.26. The zero-order valence-electron chi connectivity index (χ0n) is 17.3. The average Bonchev–Trinajstić information content (AvgIpc) is 2.72. The normalized spacial score (nSPS) is 24.2. The maximum atomic E-state index is 15.0. The van der Waals surface area contributed by atoms with E-state index in [4.69, 9.17) is 17.3 Å². The molecule has 174 valence electrons. The summed E-state index contributed by atoms with van der Waals surface area (Å²) in [6.07, 6.45) is 4.49. The molecule has 1 saturated carbocycles. The fourth-order valence-electron chi connectivity index (χ4n) is 4.47. The Morgan fingerprint density at radius 3 is 2.64 bits per heavy atom. The van der Waals surface area contributed by atoms with Gasteiger partial charge in [-0.3, -0.25) is 14.1 Å². The second-order valence-corrected chi connectivity index (χ2v) is 11.2. The minimum Gasteiger partial charge on any atom is -0.386 e. The van der Waals surface area contributed by atoms with Gasteiger partial charge in [0.2, 0.25) is 0 Å². The second kappa shape index (κ2) is 7.73. The molecule has 0 amide bonds. The van der Waals surface area contributed by atoms with Crippen molar-refractivity contribution in [3.8, 4) is 0 Å². The number of rotatable bonds is 4. The van der Waals surface area contributed by atoms with E-state index in [1.165, 1.54) is 24.7 Å². The SMILES string of the molecule is NC1=N[C@@](CF)(c2cc(Nc3ncnc4cc(Cl)cnc34)ccc2F)CS(O)(O)C12CCC2. The quantitative estimate of drug-likeness (QED) is 0.411. The maximum Gasteiger partial charge on any atom is 0.160 e. The van der Waals surface area contributed by atoms with Gasteiger partial charge in [0.05, 0.1) is 16.3 Å². The molecule has 1 fully saturated rings. The van der Waals surface area contributed by atoms with Crippen molar-refractivity contribution in [3.05, 3.63) is 53.2 Å². The van der Waals surface area contributed by atoms with Crippen molar-refractivity contribution in [2.75, 3.05) is 17.7 Å². The molecule has 0 unspecified atom stereocenters. The Bertz CT molecular complexity index is 1290. The number of nitrogens with two attached hydrogens (primary N) is 1. The lowest BCUT2D eigenvalue weighted by molar-refractivity contribution is 0.291. The minimum absolute atomic E-state index is 0.0294. The van der Waals surface area contributed by atoms with Crippen LogP contribution in [0.2, 0.25) is 5.02 Å². The van der Waals surface area contributed by atoms with E-state index in [9.17, 15) is 17.9 Å². The number of aliphatic imine (C=N–C) groups is 1. The Morgan fingerprint density at radius 1 is 1.18 bits per heavy atom. The smallest absolute Gasteiger partial charge is 0.160 e. The fourth-order valence-corrected chi connectivity index (χ4v) is 7.18. The Labute approximate surface area is 194 Å². The molecule has 0 radical (unpaired) electrons. The van der Waals surface area contributed by atoms with Gasteiger partial charge in [0, 0.05) is 17.4 Å². The van der Waals surface area contributed by atoms with E-state index in [1.54, 1.807) is 6.07 Å². The van der Waals surface area contributed by atoms with Crippen LogP contribution in [-0.4, -0.2) is 47.1 Å². The Hall–Kier alpha value is -2.60.